The smallest absolute Gasteiger partial charge is 0.142 e. The van der Waals surface area contributed by atoms with E-state index >= 15 is 0 Å². The summed E-state index contributed by atoms with van der Waals surface area (Å²) in [5, 5.41) is -0.120. The summed E-state index contributed by atoms with van der Waals surface area (Å²) >= 11 is 5.89. The van der Waals surface area contributed by atoms with Crippen LogP contribution in [0.5, 0.6) is 0 Å². The molecule has 0 spiro atoms. The molecule has 2 rings (SSSR count). The molecule has 1 atom stereocenters. The van der Waals surface area contributed by atoms with E-state index in [4.69, 9.17) is 17.3 Å². The zero-order valence-corrected chi connectivity index (χ0v) is 11.1. The summed E-state index contributed by atoms with van der Waals surface area (Å²) < 4.78 is 27.3. The van der Waals surface area contributed by atoms with Crippen LogP contribution in [0.1, 0.15) is 31.4 Å². The van der Waals surface area contributed by atoms with E-state index in [1.54, 1.807) is 0 Å². The fraction of sp³-hybridized carbons (Fsp3) is 0.538. The Kier molecular flexibility index (Phi) is 4.20. The van der Waals surface area contributed by atoms with Crippen LogP contribution in [0.4, 0.5) is 8.78 Å². The predicted octanol–water partition coefficient (Wildman–Crippen LogP) is 3.10. The van der Waals surface area contributed by atoms with Crippen LogP contribution in [-0.2, 0) is 0 Å². The summed E-state index contributed by atoms with van der Waals surface area (Å²) in [5.74, 6) is -1.04. The van der Waals surface area contributed by atoms with Crippen molar-refractivity contribution in [2.24, 2.45) is 5.73 Å². The van der Waals surface area contributed by atoms with Crippen molar-refractivity contribution < 1.29 is 8.78 Å². The molecule has 0 radical (unpaired) electrons. The maximum atomic E-state index is 13.9. The van der Waals surface area contributed by atoms with Gasteiger partial charge in [0.1, 0.15) is 11.6 Å². The Labute approximate surface area is 111 Å². The molecule has 0 aromatic heterocycles. The molecule has 5 heteroatoms. The molecule has 1 aromatic rings. The van der Waals surface area contributed by atoms with Gasteiger partial charge in [0.15, 0.2) is 0 Å². The fourth-order valence-corrected chi connectivity index (χ4v) is 2.65. The van der Waals surface area contributed by atoms with Crippen molar-refractivity contribution in [3.8, 4) is 0 Å². The molecule has 1 aliphatic rings. The van der Waals surface area contributed by atoms with Crippen LogP contribution in [0.2, 0.25) is 5.02 Å². The van der Waals surface area contributed by atoms with Gasteiger partial charge >= 0.3 is 0 Å². The lowest BCUT2D eigenvalue weighted by Gasteiger charge is -2.29. The molecule has 2 nitrogen and oxygen atoms in total. The third-order valence-electron chi connectivity index (χ3n) is 3.40. The second-order valence-electron chi connectivity index (χ2n) is 4.69. The van der Waals surface area contributed by atoms with E-state index in [0.29, 0.717) is 19.1 Å². The molecule has 18 heavy (non-hydrogen) atoms. The second-order valence-corrected chi connectivity index (χ2v) is 5.07. The average Bonchev–Trinajstić information content (AvgIpc) is 3.15. The minimum Gasteiger partial charge on any atom is -0.329 e. The van der Waals surface area contributed by atoms with E-state index in [2.05, 4.69) is 4.90 Å². The third kappa shape index (κ3) is 2.66. The van der Waals surface area contributed by atoms with Crippen molar-refractivity contribution in [2.75, 3.05) is 13.1 Å². The number of halogens is 3. The van der Waals surface area contributed by atoms with Crippen molar-refractivity contribution in [2.45, 2.75) is 31.8 Å². The first kappa shape index (κ1) is 13.7. The number of hydrogen-bond acceptors (Lipinski definition) is 2. The Balaban J connectivity index is 2.31. The first-order valence-corrected chi connectivity index (χ1v) is 6.53. The van der Waals surface area contributed by atoms with E-state index < -0.39 is 11.6 Å². The molecule has 0 amide bonds. The maximum absolute atomic E-state index is 13.9. The Morgan fingerprint density at radius 2 is 2.00 bits per heavy atom. The van der Waals surface area contributed by atoms with Crippen LogP contribution in [0.25, 0.3) is 0 Å². The number of benzene rings is 1. The quantitative estimate of drug-likeness (QED) is 0.836. The van der Waals surface area contributed by atoms with Gasteiger partial charge in [0, 0.05) is 30.7 Å². The molecule has 1 aromatic carbocycles. The predicted molar refractivity (Wildman–Crippen MR) is 68.6 cm³/mol. The average molecular weight is 275 g/mol. The summed E-state index contributed by atoms with van der Waals surface area (Å²) in [6.07, 6.45) is 2.16. The number of rotatable bonds is 5. The third-order valence-corrected chi connectivity index (χ3v) is 3.78. The number of nitrogens with zero attached hydrogens (tertiary/aromatic N) is 1. The SMILES string of the molecule is CC(c1c(F)ccc(F)c1Cl)N(CCN)C1CC1. The largest absolute Gasteiger partial charge is 0.329 e. The monoisotopic (exact) mass is 274 g/mol. The summed E-state index contributed by atoms with van der Waals surface area (Å²) in [6, 6.07) is 2.34. The van der Waals surface area contributed by atoms with Crippen LogP contribution in [-0.4, -0.2) is 24.0 Å². The first-order chi connectivity index (χ1) is 8.56. The van der Waals surface area contributed by atoms with Gasteiger partial charge < -0.3 is 5.73 Å². The maximum Gasteiger partial charge on any atom is 0.142 e. The highest BCUT2D eigenvalue weighted by Crippen LogP contribution is 2.37. The molecule has 0 bridgehead atoms. The van der Waals surface area contributed by atoms with Gasteiger partial charge in [0.05, 0.1) is 5.02 Å². The summed E-state index contributed by atoms with van der Waals surface area (Å²) in [7, 11) is 0. The van der Waals surface area contributed by atoms with Gasteiger partial charge in [-0.1, -0.05) is 11.6 Å². The Bertz CT molecular complexity index is 435. The lowest BCUT2D eigenvalue weighted by atomic mass is 10.1. The normalized spacial score (nSPS) is 17.2. The molecule has 0 heterocycles. The van der Waals surface area contributed by atoms with Gasteiger partial charge in [-0.2, -0.15) is 0 Å². The van der Waals surface area contributed by atoms with Gasteiger partial charge in [-0.15, -0.1) is 0 Å². The highest BCUT2D eigenvalue weighted by molar-refractivity contribution is 6.31. The Hall–Kier alpha value is -0.710. The van der Waals surface area contributed by atoms with E-state index in [-0.39, 0.29) is 16.6 Å². The van der Waals surface area contributed by atoms with Crippen molar-refractivity contribution in [3.05, 3.63) is 34.4 Å². The molecule has 100 valence electrons. The standard InChI is InChI=1S/C13H17ClF2N2/c1-8(18(7-6-17)9-2-3-9)12-10(15)4-5-11(16)13(12)14/h4-5,8-9H,2-3,6-7,17H2,1H3. The van der Waals surface area contributed by atoms with E-state index in [9.17, 15) is 8.78 Å². The molecule has 1 unspecified atom stereocenters. The Morgan fingerprint density at radius 1 is 1.39 bits per heavy atom. The highest BCUT2D eigenvalue weighted by Gasteiger charge is 2.34. The zero-order chi connectivity index (χ0) is 13.3. The summed E-state index contributed by atoms with van der Waals surface area (Å²) in [6.45, 7) is 3.01. The highest BCUT2D eigenvalue weighted by atomic mass is 35.5. The number of hydrogen-bond donors (Lipinski definition) is 1. The van der Waals surface area contributed by atoms with Crippen LogP contribution >= 0.6 is 11.6 Å². The lowest BCUT2D eigenvalue weighted by molar-refractivity contribution is 0.202. The molecule has 1 fully saturated rings. The molecule has 0 saturated heterocycles. The second kappa shape index (κ2) is 5.51. The van der Waals surface area contributed by atoms with Gasteiger partial charge in [0.2, 0.25) is 0 Å². The van der Waals surface area contributed by atoms with E-state index in [1.807, 2.05) is 6.92 Å². The fourth-order valence-electron chi connectivity index (χ4n) is 2.34. The first-order valence-electron chi connectivity index (χ1n) is 6.15. The Morgan fingerprint density at radius 3 is 2.56 bits per heavy atom. The van der Waals surface area contributed by atoms with Crippen molar-refractivity contribution in [1.82, 2.24) is 4.90 Å². The van der Waals surface area contributed by atoms with Gasteiger partial charge in [-0.05, 0) is 31.9 Å². The summed E-state index contributed by atoms with van der Waals surface area (Å²) in [5.41, 5.74) is 5.81. The van der Waals surface area contributed by atoms with Crippen LogP contribution < -0.4 is 5.73 Å². The van der Waals surface area contributed by atoms with Crippen molar-refractivity contribution in [3.63, 3.8) is 0 Å². The molecule has 1 saturated carbocycles. The van der Waals surface area contributed by atoms with Crippen molar-refractivity contribution in [1.29, 1.82) is 0 Å². The van der Waals surface area contributed by atoms with Gasteiger partial charge in [-0.25, -0.2) is 8.78 Å². The van der Waals surface area contributed by atoms with Crippen LogP contribution in [0, 0.1) is 11.6 Å². The van der Waals surface area contributed by atoms with Crippen molar-refractivity contribution >= 4 is 11.6 Å². The molecule has 1 aliphatic carbocycles. The lowest BCUT2D eigenvalue weighted by Crippen LogP contribution is -2.34. The van der Waals surface area contributed by atoms with E-state index in [1.165, 1.54) is 0 Å². The molecule has 0 aliphatic heterocycles. The molecular weight excluding hydrogens is 258 g/mol. The van der Waals surface area contributed by atoms with Crippen LogP contribution in [0.15, 0.2) is 12.1 Å². The van der Waals surface area contributed by atoms with Gasteiger partial charge in [-0.3, -0.25) is 4.90 Å². The zero-order valence-electron chi connectivity index (χ0n) is 10.3. The summed E-state index contributed by atoms with van der Waals surface area (Å²) in [4.78, 5) is 2.10. The topological polar surface area (TPSA) is 29.3 Å². The number of nitrogens with two attached hydrogens (primary N) is 1. The van der Waals surface area contributed by atoms with Crippen LogP contribution in [0.3, 0.4) is 0 Å². The minimum absolute atomic E-state index is 0.120. The molecule has 2 N–H and O–H groups in total. The van der Waals surface area contributed by atoms with Gasteiger partial charge in [0.25, 0.3) is 0 Å². The van der Waals surface area contributed by atoms with E-state index in [0.717, 1.165) is 25.0 Å². The minimum atomic E-state index is -0.580. The molecular formula is C13H17ClF2N2.